The number of carbonyl (C=O) groups excluding carboxylic acids is 1. The molecule has 0 saturated heterocycles. The number of aromatic nitrogens is 2. The quantitative estimate of drug-likeness (QED) is 0.481. The monoisotopic (exact) mass is 376 g/mol. The van der Waals surface area contributed by atoms with Gasteiger partial charge in [0.15, 0.2) is 0 Å². The van der Waals surface area contributed by atoms with Crippen LogP contribution in [-0.4, -0.2) is 28.5 Å². The van der Waals surface area contributed by atoms with Crippen molar-refractivity contribution in [3.63, 3.8) is 0 Å². The Hall–Kier alpha value is -2.96. The molecule has 1 atom stereocenters. The van der Waals surface area contributed by atoms with Gasteiger partial charge < -0.3 is 16.0 Å². The molecule has 6 heteroatoms. The van der Waals surface area contributed by atoms with Crippen molar-refractivity contribution in [1.29, 1.82) is 0 Å². The van der Waals surface area contributed by atoms with Crippen LogP contribution in [-0.2, 0) is 6.42 Å². The van der Waals surface area contributed by atoms with Crippen LogP contribution in [0.5, 0.6) is 0 Å². The van der Waals surface area contributed by atoms with Crippen molar-refractivity contribution >= 4 is 28.3 Å². The number of nitrogens with two attached hydrogens (primary N) is 1. The normalized spacial score (nSPS) is 12.2. The van der Waals surface area contributed by atoms with Gasteiger partial charge in [0.05, 0.1) is 5.56 Å². The zero-order valence-corrected chi connectivity index (χ0v) is 15.5. The van der Waals surface area contributed by atoms with Crippen molar-refractivity contribution < 1.29 is 4.79 Å². The number of thiophene rings is 1. The van der Waals surface area contributed by atoms with E-state index in [-0.39, 0.29) is 11.9 Å². The largest absolute Gasteiger partial charge is 0.348 e. The van der Waals surface area contributed by atoms with Gasteiger partial charge in [-0.2, -0.15) is 0 Å². The zero-order valence-electron chi connectivity index (χ0n) is 14.7. The van der Waals surface area contributed by atoms with E-state index in [1.54, 1.807) is 17.5 Å². The van der Waals surface area contributed by atoms with Crippen LogP contribution in [0.25, 0.3) is 21.5 Å². The Balaban J connectivity index is 1.50. The topological polar surface area (TPSA) is 83.8 Å². The van der Waals surface area contributed by atoms with E-state index >= 15 is 0 Å². The van der Waals surface area contributed by atoms with Gasteiger partial charge in [-0.15, -0.1) is 11.3 Å². The summed E-state index contributed by atoms with van der Waals surface area (Å²) in [5.41, 5.74) is 9.58. The molecular weight excluding hydrogens is 356 g/mol. The third kappa shape index (κ3) is 3.77. The van der Waals surface area contributed by atoms with E-state index in [0.29, 0.717) is 18.5 Å². The Kier molecular flexibility index (Phi) is 5.00. The molecule has 0 fully saturated rings. The summed E-state index contributed by atoms with van der Waals surface area (Å²) in [6, 6.07) is 15.8. The van der Waals surface area contributed by atoms with Crippen LogP contribution in [0.4, 0.5) is 0 Å². The van der Waals surface area contributed by atoms with E-state index in [2.05, 4.69) is 15.3 Å². The number of carbonyl (C=O) groups is 1. The minimum Gasteiger partial charge on any atom is -0.348 e. The van der Waals surface area contributed by atoms with E-state index in [1.807, 2.05) is 60.1 Å². The molecule has 4 aromatic rings. The first-order valence-electron chi connectivity index (χ1n) is 8.80. The molecule has 27 heavy (non-hydrogen) atoms. The fourth-order valence-corrected chi connectivity index (χ4v) is 4.04. The van der Waals surface area contributed by atoms with E-state index in [4.69, 9.17) is 5.73 Å². The predicted molar refractivity (Wildman–Crippen MR) is 110 cm³/mol. The van der Waals surface area contributed by atoms with Gasteiger partial charge in [-0.25, -0.2) is 4.98 Å². The van der Waals surface area contributed by atoms with E-state index in [9.17, 15) is 4.79 Å². The highest BCUT2D eigenvalue weighted by molar-refractivity contribution is 7.14. The molecule has 1 aromatic carbocycles. The smallest absolute Gasteiger partial charge is 0.252 e. The number of fused-ring (bicyclic) bond motifs is 1. The summed E-state index contributed by atoms with van der Waals surface area (Å²) in [4.78, 5) is 21.2. The number of hydrogen-bond acceptors (Lipinski definition) is 4. The Morgan fingerprint density at radius 3 is 2.89 bits per heavy atom. The molecule has 1 amide bonds. The Morgan fingerprint density at radius 1 is 1.22 bits per heavy atom. The Labute approximate surface area is 161 Å². The highest BCUT2D eigenvalue weighted by atomic mass is 32.1. The van der Waals surface area contributed by atoms with Gasteiger partial charge in [-0.3, -0.25) is 4.79 Å². The maximum atomic E-state index is 12.7. The molecule has 0 aliphatic carbocycles. The van der Waals surface area contributed by atoms with Gasteiger partial charge in [0.25, 0.3) is 5.91 Å². The average molecular weight is 376 g/mol. The number of nitrogens with zero attached hydrogens (tertiary/aromatic N) is 1. The zero-order chi connectivity index (χ0) is 18.6. The third-order valence-electron chi connectivity index (χ3n) is 4.52. The molecule has 0 bridgehead atoms. The Morgan fingerprint density at radius 2 is 2.07 bits per heavy atom. The average Bonchev–Trinajstić information content (AvgIpc) is 3.35. The first-order chi connectivity index (χ1) is 13.2. The fraction of sp³-hybridized carbons (Fsp3) is 0.143. The van der Waals surface area contributed by atoms with E-state index in [1.165, 1.54) is 0 Å². The molecular formula is C21H20N4OS. The van der Waals surface area contributed by atoms with Gasteiger partial charge in [-0.1, -0.05) is 30.3 Å². The van der Waals surface area contributed by atoms with Crippen molar-refractivity contribution in [3.8, 4) is 10.4 Å². The molecule has 3 aromatic heterocycles. The second-order valence-electron chi connectivity index (χ2n) is 6.40. The van der Waals surface area contributed by atoms with Crippen LogP contribution in [0.2, 0.25) is 0 Å². The molecule has 0 aliphatic rings. The molecule has 5 nitrogen and oxygen atoms in total. The summed E-state index contributed by atoms with van der Waals surface area (Å²) in [7, 11) is 0. The minimum atomic E-state index is -0.0967. The van der Waals surface area contributed by atoms with Crippen LogP contribution >= 0.6 is 11.3 Å². The van der Waals surface area contributed by atoms with Crippen molar-refractivity contribution in [2.24, 2.45) is 5.73 Å². The van der Waals surface area contributed by atoms with Crippen LogP contribution in [0.3, 0.4) is 0 Å². The summed E-state index contributed by atoms with van der Waals surface area (Å²) in [5.74, 6) is -0.0955. The first kappa shape index (κ1) is 17.5. The van der Waals surface area contributed by atoms with Gasteiger partial charge in [0.1, 0.15) is 5.65 Å². The second kappa shape index (κ2) is 7.73. The highest BCUT2D eigenvalue weighted by Gasteiger charge is 2.16. The van der Waals surface area contributed by atoms with Crippen LogP contribution in [0.15, 0.2) is 66.3 Å². The number of hydrogen-bond donors (Lipinski definition) is 3. The lowest BCUT2D eigenvalue weighted by Gasteiger charge is -2.16. The van der Waals surface area contributed by atoms with Gasteiger partial charge in [-0.05, 0) is 30.2 Å². The van der Waals surface area contributed by atoms with Crippen molar-refractivity contribution in [2.75, 3.05) is 6.54 Å². The van der Waals surface area contributed by atoms with Crippen LogP contribution in [0.1, 0.15) is 15.9 Å². The SMILES string of the molecule is NCC(Cc1ccccc1)NC(=O)c1csc(-c2c[nH]c3ncccc23)c1. The molecule has 0 spiro atoms. The number of rotatable bonds is 6. The van der Waals surface area contributed by atoms with Crippen LogP contribution in [0, 0.1) is 0 Å². The third-order valence-corrected chi connectivity index (χ3v) is 5.49. The van der Waals surface area contributed by atoms with E-state index < -0.39 is 0 Å². The fourth-order valence-electron chi connectivity index (χ4n) is 3.12. The maximum absolute atomic E-state index is 12.7. The molecule has 0 saturated carbocycles. The van der Waals surface area contributed by atoms with Crippen molar-refractivity contribution in [2.45, 2.75) is 12.5 Å². The van der Waals surface area contributed by atoms with E-state index in [0.717, 1.165) is 27.0 Å². The second-order valence-corrected chi connectivity index (χ2v) is 7.31. The first-order valence-corrected chi connectivity index (χ1v) is 9.68. The van der Waals surface area contributed by atoms with Gasteiger partial charge >= 0.3 is 0 Å². The van der Waals surface area contributed by atoms with Crippen LogP contribution < -0.4 is 11.1 Å². The predicted octanol–water partition coefficient (Wildman–Crippen LogP) is 3.59. The summed E-state index contributed by atoms with van der Waals surface area (Å²) in [5, 5.41) is 5.99. The summed E-state index contributed by atoms with van der Waals surface area (Å²) < 4.78 is 0. The lowest BCUT2D eigenvalue weighted by atomic mass is 10.1. The molecule has 4 N–H and O–H groups in total. The molecule has 1 unspecified atom stereocenters. The van der Waals surface area contributed by atoms with Gasteiger partial charge in [0, 0.05) is 46.2 Å². The number of aromatic amines is 1. The molecule has 4 rings (SSSR count). The number of amides is 1. The summed E-state index contributed by atoms with van der Waals surface area (Å²) in [6.45, 7) is 0.395. The number of benzene rings is 1. The maximum Gasteiger partial charge on any atom is 0.252 e. The number of H-pyrrole nitrogens is 1. The highest BCUT2D eigenvalue weighted by Crippen LogP contribution is 2.32. The summed E-state index contributed by atoms with van der Waals surface area (Å²) in [6.07, 6.45) is 4.41. The number of nitrogens with one attached hydrogen (secondary N) is 2. The van der Waals surface area contributed by atoms with Crippen molar-refractivity contribution in [1.82, 2.24) is 15.3 Å². The molecule has 0 radical (unpaired) electrons. The number of pyridine rings is 1. The standard InChI is InChI=1S/C21H20N4OS/c22-11-16(9-14-5-2-1-3-6-14)25-21(26)15-10-19(27-13-15)18-12-24-20-17(18)7-4-8-23-20/h1-8,10,12-13,16H,9,11,22H2,(H,23,24)(H,25,26). The lowest BCUT2D eigenvalue weighted by molar-refractivity contribution is 0.0938. The van der Waals surface area contributed by atoms with Crippen molar-refractivity contribution in [3.05, 3.63) is 77.4 Å². The molecule has 0 aliphatic heterocycles. The molecule has 136 valence electrons. The summed E-state index contributed by atoms with van der Waals surface area (Å²) >= 11 is 1.55. The lowest BCUT2D eigenvalue weighted by Crippen LogP contribution is -2.41. The molecule has 3 heterocycles. The minimum absolute atomic E-state index is 0.0955. The van der Waals surface area contributed by atoms with Gasteiger partial charge in [0.2, 0.25) is 0 Å². The Bertz CT molecular complexity index is 1050.